The van der Waals surface area contributed by atoms with E-state index in [1.165, 1.54) is 22.5 Å². The SMILES string of the molecule is COc1ccc(OC)c(CN2CCN(C(=O)c3csc(-c4ccc(C)cc4C)n3)CC2)c1. The van der Waals surface area contributed by atoms with Crippen molar-refractivity contribution < 1.29 is 14.3 Å². The number of benzene rings is 2. The van der Waals surface area contributed by atoms with E-state index in [4.69, 9.17) is 9.47 Å². The number of ether oxygens (including phenoxy) is 2. The Hall–Kier alpha value is -2.90. The fourth-order valence-electron chi connectivity index (χ4n) is 4.07. The fourth-order valence-corrected chi connectivity index (χ4v) is 4.95. The predicted molar refractivity (Wildman–Crippen MR) is 128 cm³/mol. The van der Waals surface area contributed by atoms with Crippen LogP contribution in [0.5, 0.6) is 11.5 Å². The molecule has 0 N–H and O–H groups in total. The molecular weight excluding hydrogens is 422 g/mol. The highest BCUT2D eigenvalue weighted by Gasteiger charge is 2.25. The number of thiazole rings is 1. The topological polar surface area (TPSA) is 54.9 Å². The lowest BCUT2D eigenvalue weighted by Crippen LogP contribution is -2.48. The van der Waals surface area contributed by atoms with Gasteiger partial charge in [0.25, 0.3) is 5.91 Å². The molecule has 1 saturated heterocycles. The van der Waals surface area contributed by atoms with E-state index in [1.54, 1.807) is 14.2 Å². The third-order valence-corrected chi connectivity index (χ3v) is 6.75. The fraction of sp³-hybridized carbons (Fsp3) is 0.360. The van der Waals surface area contributed by atoms with Crippen molar-refractivity contribution in [2.75, 3.05) is 40.4 Å². The van der Waals surface area contributed by atoms with Crippen molar-refractivity contribution in [2.45, 2.75) is 20.4 Å². The lowest BCUT2D eigenvalue weighted by atomic mass is 10.1. The molecule has 2 aromatic carbocycles. The number of carbonyl (C=O) groups is 1. The average molecular weight is 452 g/mol. The minimum absolute atomic E-state index is 0.0101. The Bertz CT molecular complexity index is 1100. The summed E-state index contributed by atoms with van der Waals surface area (Å²) in [6.07, 6.45) is 0. The van der Waals surface area contributed by atoms with Crippen molar-refractivity contribution in [1.29, 1.82) is 0 Å². The highest BCUT2D eigenvalue weighted by molar-refractivity contribution is 7.13. The second kappa shape index (κ2) is 9.71. The van der Waals surface area contributed by atoms with Crippen LogP contribution in [0.1, 0.15) is 27.2 Å². The van der Waals surface area contributed by atoms with Gasteiger partial charge in [-0.15, -0.1) is 11.3 Å². The standard InChI is InChI=1S/C25H29N3O3S/c1-17-5-7-21(18(2)13-17)24-26-22(16-32-24)25(29)28-11-9-27(10-12-28)15-19-14-20(30-3)6-8-23(19)31-4/h5-8,13-14,16H,9-12,15H2,1-4H3. The third-order valence-electron chi connectivity index (χ3n) is 5.88. The lowest BCUT2D eigenvalue weighted by molar-refractivity contribution is 0.0622. The zero-order valence-corrected chi connectivity index (χ0v) is 19.9. The first-order chi connectivity index (χ1) is 15.5. The molecule has 0 spiro atoms. The van der Waals surface area contributed by atoms with E-state index in [2.05, 4.69) is 41.9 Å². The molecular formula is C25H29N3O3S. The number of hydrogen-bond acceptors (Lipinski definition) is 6. The van der Waals surface area contributed by atoms with Crippen LogP contribution in [0.25, 0.3) is 10.6 Å². The molecule has 0 atom stereocenters. The van der Waals surface area contributed by atoms with Gasteiger partial charge in [-0.05, 0) is 37.6 Å². The van der Waals surface area contributed by atoms with Crippen LogP contribution in [-0.2, 0) is 6.54 Å². The molecule has 7 heteroatoms. The quantitative estimate of drug-likeness (QED) is 0.556. The first-order valence-corrected chi connectivity index (χ1v) is 11.6. The summed E-state index contributed by atoms with van der Waals surface area (Å²) in [7, 11) is 3.35. The first kappa shape index (κ1) is 22.3. The predicted octanol–water partition coefficient (Wildman–Crippen LogP) is 4.40. The Morgan fingerprint density at radius 2 is 1.81 bits per heavy atom. The number of hydrogen-bond donors (Lipinski definition) is 0. The van der Waals surface area contributed by atoms with Gasteiger partial charge in [0, 0.05) is 49.2 Å². The summed E-state index contributed by atoms with van der Waals surface area (Å²) in [5.74, 6) is 1.68. The number of carbonyl (C=O) groups excluding carboxylic acids is 1. The molecule has 0 saturated carbocycles. The van der Waals surface area contributed by atoms with E-state index in [1.807, 2.05) is 28.5 Å². The normalized spacial score (nSPS) is 14.4. The van der Waals surface area contributed by atoms with Gasteiger partial charge in [0.15, 0.2) is 0 Å². The number of methoxy groups -OCH3 is 2. The largest absolute Gasteiger partial charge is 0.497 e. The maximum atomic E-state index is 13.0. The van der Waals surface area contributed by atoms with Crippen LogP contribution in [0, 0.1) is 13.8 Å². The van der Waals surface area contributed by atoms with Gasteiger partial charge in [0.1, 0.15) is 22.2 Å². The van der Waals surface area contributed by atoms with Crippen molar-refractivity contribution in [3.63, 3.8) is 0 Å². The maximum absolute atomic E-state index is 13.0. The summed E-state index contributed by atoms with van der Waals surface area (Å²) in [5, 5.41) is 2.78. The maximum Gasteiger partial charge on any atom is 0.273 e. The van der Waals surface area contributed by atoms with Gasteiger partial charge in [-0.2, -0.15) is 0 Å². The van der Waals surface area contributed by atoms with Crippen LogP contribution in [-0.4, -0.2) is 61.1 Å². The molecule has 0 aliphatic carbocycles. The summed E-state index contributed by atoms with van der Waals surface area (Å²) < 4.78 is 10.9. The molecule has 1 aliphatic rings. The van der Waals surface area contributed by atoms with E-state index in [9.17, 15) is 4.79 Å². The Kier molecular flexibility index (Phi) is 6.77. The molecule has 1 fully saturated rings. The van der Waals surface area contributed by atoms with Crippen LogP contribution in [0.4, 0.5) is 0 Å². The van der Waals surface area contributed by atoms with E-state index >= 15 is 0 Å². The molecule has 0 bridgehead atoms. The van der Waals surface area contributed by atoms with Crippen molar-refractivity contribution in [2.24, 2.45) is 0 Å². The van der Waals surface area contributed by atoms with E-state index in [0.717, 1.165) is 47.3 Å². The number of piperazine rings is 1. The molecule has 1 aliphatic heterocycles. The van der Waals surface area contributed by atoms with Crippen molar-refractivity contribution >= 4 is 17.2 Å². The van der Waals surface area contributed by atoms with Gasteiger partial charge in [-0.3, -0.25) is 9.69 Å². The van der Waals surface area contributed by atoms with Gasteiger partial charge >= 0.3 is 0 Å². The third kappa shape index (κ3) is 4.79. The van der Waals surface area contributed by atoms with Crippen molar-refractivity contribution in [3.8, 4) is 22.1 Å². The molecule has 2 heterocycles. The van der Waals surface area contributed by atoms with E-state index in [0.29, 0.717) is 18.8 Å². The lowest BCUT2D eigenvalue weighted by Gasteiger charge is -2.34. The zero-order valence-electron chi connectivity index (χ0n) is 19.1. The molecule has 32 heavy (non-hydrogen) atoms. The minimum atomic E-state index is 0.0101. The summed E-state index contributed by atoms with van der Waals surface area (Å²) in [6, 6.07) is 12.2. The Labute approximate surface area is 193 Å². The number of amides is 1. The van der Waals surface area contributed by atoms with Crippen LogP contribution in [0.3, 0.4) is 0 Å². The molecule has 1 aromatic heterocycles. The smallest absolute Gasteiger partial charge is 0.273 e. The minimum Gasteiger partial charge on any atom is -0.497 e. The molecule has 3 aromatic rings. The summed E-state index contributed by atoms with van der Waals surface area (Å²) in [6.45, 7) is 7.90. The molecule has 1 amide bonds. The molecule has 6 nitrogen and oxygen atoms in total. The summed E-state index contributed by atoms with van der Waals surface area (Å²) in [5.41, 5.74) is 5.12. The van der Waals surface area contributed by atoms with E-state index < -0.39 is 0 Å². The Morgan fingerprint density at radius 3 is 2.50 bits per heavy atom. The second-order valence-electron chi connectivity index (χ2n) is 8.10. The molecule has 4 rings (SSSR count). The average Bonchev–Trinajstić information content (AvgIpc) is 3.29. The van der Waals surface area contributed by atoms with Gasteiger partial charge < -0.3 is 14.4 Å². The van der Waals surface area contributed by atoms with Crippen LogP contribution < -0.4 is 9.47 Å². The number of nitrogens with zero attached hydrogens (tertiary/aromatic N) is 3. The second-order valence-corrected chi connectivity index (χ2v) is 8.96. The zero-order chi connectivity index (χ0) is 22.7. The van der Waals surface area contributed by atoms with Gasteiger partial charge in [-0.1, -0.05) is 23.8 Å². The summed E-state index contributed by atoms with van der Waals surface area (Å²) >= 11 is 1.53. The van der Waals surface area contributed by atoms with Crippen LogP contribution in [0.15, 0.2) is 41.8 Å². The first-order valence-electron chi connectivity index (χ1n) is 10.7. The van der Waals surface area contributed by atoms with Crippen molar-refractivity contribution in [3.05, 3.63) is 64.2 Å². The van der Waals surface area contributed by atoms with Crippen LogP contribution in [0.2, 0.25) is 0 Å². The molecule has 0 radical (unpaired) electrons. The van der Waals surface area contributed by atoms with Gasteiger partial charge in [-0.25, -0.2) is 4.98 Å². The van der Waals surface area contributed by atoms with Crippen molar-refractivity contribution in [1.82, 2.24) is 14.8 Å². The Morgan fingerprint density at radius 1 is 1.03 bits per heavy atom. The number of aryl methyl sites for hydroxylation is 2. The van der Waals surface area contributed by atoms with E-state index in [-0.39, 0.29) is 5.91 Å². The monoisotopic (exact) mass is 451 g/mol. The highest BCUT2D eigenvalue weighted by atomic mass is 32.1. The molecule has 168 valence electrons. The van der Waals surface area contributed by atoms with Gasteiger partial charge in [0.05, 0.1) is 14.2 Å². The number of rotatable bonds is 6. The number of aromatic nitrogens is 1. The Balaban J connectivity index is 1.39. The molecule has 0 unspecified atom stereocenters. The van der Waals surface area contributed by atoms with Gasteiger partial charge in [0.2, 0.25) is 0 Å². The summed E-state index contributed by atoms with van der Waals surface area (Å²) in [4.78, 5) is 21.9. The van der Waals surface area contributed by atoms with Crippen LogP contribution >= 0.6 is 11.3 Å². The highest BCUT2D eigenvalue weighted by Crippen LogP contribution is 2.29.